The molecule has 1 aromatic rings. The molecule has 0 radical (unpaired) electrons. The Bertz CT molecular complexity index is 641. The van der Waals surface area contributed by atoms with Gasteiger partial charge in [-0.3, -0.25) is 14.4 Å². The highest BCUT2D eigenvalue weighted by atomic mass is 16.4. The van der Waals surface area contributed by atoms with Crippen LogP contribution in [-0.4, -0.2) is 35.0 Å². The molecule has 0 aromatic heterocycles. The summed E-state index contributed by atoms with van der Waals surface area (Å²) in [4.78, 5) is 35.7. The molecule has 0 atom stereocenters. The second-order valence-electron chi connectivity index (χ2n) is 7.83. The highest BCUT2D eigenvalue weighted by Crippen LogP contribution is 2.21. The first-order chi connectivity index (χ1) is 12.0. The summed E-state index contributed by atoms with van der Waals surface area (Å²) < 4.78 is 0. The van der Waals surface area contributed by atoms with E-state index in [0.717, 1.165) is 0 Å². The van der Waals surface area contributed by atoms with E-state index < -0.39 is 11.5 Å². The van der Waals surface area contributed by atoms with Crippen molar-refractivity contribution in [1.29, 1.82) is 0 Å². The second kappa shape index (κ2) is 8.83. The summed E-state index contributed by atoms with van der Waals surface area (Å²) in [7, 11) is 0. The van der Waals surface area contributed by atoms with Crippen molar-refractivity contribution in [2.24, 2.45) is 5.41 Å². The van der Waals surface area contributed by atoms with Crippen molar-refractivity contribution >= 4 is 17.8 Å². The van der Waals surface area contributed by atoms with Crippen molar-refractivity contribution in [1.82, 2.24) is 10.6 Å². The van der Waals surface area contributed by atoms with Crippen molar-refractivity contribution in [3.05, 3.63) is 35.4 Å². The van der Waals surface area contributed by atoms with Crippen LogP contribution in [0.15, 0.2) is 24.3 Å². The monoisotopic (exact) mass is 362 g/mol. The van der Waals surface area contributed by atoms with Crippen LogP contribution in [0.3, 0.4) is 0 Å². The molecule has 144 valence electrons. The molecule has 1 rings (SSSR count). The number of amides is 2. The van der Waals surface area contributed by atoms with Crippen LogP contribution >= 0.6 is 0 Å². The molecule has 0 fully saturated rings. The maximum absolute atomic E-state index is 12.5. The average molecular weight is 362 g/mol. The fourth-order valence-corrected chi connectivity index (χ4v) is 2.54. The van der Waals surface area contributed by atoms with Crippen molar-refractivity contribution in [2.75, 3.05) is 6.54 Å². The van der Waals surface area contributed by atoms with E-state index in [1.54, 1.807) is 24.3 Å². The van der Waals surface area contributed by atoms with E-state index in [1.807, 2.05) is 34.6 Å². The normalized spacial score (nSPS) is 11.7. The molecule has 6 heteroatoms. The van der Waals surface area contributed by atoms with E-state index in [0.29, 0.717) is 30.5 Å². The Morgan fingerprint density at radius 3 is 1.77 bits per heavy atom. The minimum Gasteiger partial charge on any atom is -0.481 e. The van der Waals surface area contributed by atoms with Gasteiger partial charge in [0.25, 0.3) is 11.8 Å². The Morgan fingerprint density at radius 2 is 1.38 bits per heavy atom. The molecule has 0 unspecified atom stereocenters. The van der Waals surface area contributed by atoms with Gasteiger partial charge < -0.3 is 15.7 Å². The SMILES string of the molecule is CCC(CC)(CC(=O)O)NC(=O)c1ccc(C(=O)NCC(C)(C)C)cc1. The van der Waals surface area contributed by atoms with Gasteiger partial charge in [-0.2, -0.15) is 0 Å². The predicted molar refractivity (Wildman–Crippen MR) is 101 cm³/mol. The van der Waals surface area contributed by atoms with Crippen LogP contribution in [0.4, 0.5) is 0 Å². The van der Waals surface area contributed by atoms with Crippen LogP contribution in [0, 0.1) is 5.41 Å². The van der Waals surface area contributed by atoms with Crippen molar-refractivity contribution < 1.29 is 19.5 Å². The fourth-order valence-electron chi connectivity index (χ4n) is 2.54. The molecule has 3 N–H and O–H groups in total. The molecule has 6 nitrogen and oxygen atoms in total. The maximum atomic E-state index is 12.5. The van der Waals surface area contributed by atoms with Crippen LogP contribution in [0.1, 0.15) is 74.6 Å². The highest BCUT2D eigenvalue weighted by molar-refractivity contribution is 5.98. The topological polar surface area (TPSA) is 95.5 Å². The molecule has 2 amide bonds. The van der Waals surface area contributed by atoms with Crippen LogP contribution in [-0.2, 0) is 4.79 Å². The molecular weight excluding hydrogens is 332 g/mol. The fraction of sp³-hybridized carbons (Fsp3) is 0.550. The molecule has 0 aliphatic rings. The lowest BCUT2D eigenvalue weighted by Gasteiger charge is -2.31. The number of aliphatic carboxylic acids is 1. The lowest BCUT2D eigenvalue weighted by atomic mass is 9.88. The number of benzene rings is 1. The molecule has 0 aliphatic heterocycles. The van der Waals surface area contributed by atoms with E-state index in [4.69, 9.17) is 5.11 Å². The second-order valence-corrected chi connectivity index (χ2v) is 7.83. The molecule has 0 aliphatic carbocycles. The van der Waals surface area contributed by atoms with Gasteiger partial charge in [-0.05, 0) is 42.5 Å². The van der Waals surface area contributed by atoms with Gasteiger partial charge in [-0.1, -0.05) is 34.6 Å². The highest BCUT2D eigenvalue weighted by Gasteiger charge is 2.31. The Balaban J connectivity index is 2.82. The first-order valence-electron chi connectivity index (χ1n) is 8.94. The van der Waals surface area contributed by atoms with E-state index in [9.17, 15) is 14.4 Å². The van der Waals surface area contributed by atoms with Gasteiger partial charge in [0.2, 0.25) is 0 Å². The zero-order valence-corrected chi connectivity index (χ0v) is 16.3. The molecule has 0 saturated heterocycles. The number of carbonyl (C=O) groups excluding carboxylic acids is 2. The van der Waals surface area contributed by atoms with Gasteiger partial charge in [0.1, 0.15) is 0 Å². The molecule has 0 heterocycles. The number of hydrogen-bond donors (Lipinski definition) is 3. The Labute approximate surface area is 155 Å². The quantitative estimate of drug-likeness (QED) is 0.661. The largest absolute Gasteiger partial charge is 0.481 e. The Hall–Kier alpha value is -2.37. The minimum atomic E-state index is -0.945. The smallest absolute Gasteiger partial charge is 0.305 e. The van der Waals surface area contributed by atoms with Crippen molar-refractivity contribution in [2.45, 2.75) is 59.4 Å². The third-order valence-electron chi connectivity index (χ3n) is 4.41. The zero-order chi connectivity index (χ0) is 20.0. The van der Waals surface area contributed by atoms with E-state index in [2.05, 4.69) is 10.6 Å². The summed E-state index contributed by atoms with van der Waals surface area (Å²) in [6, 6.07) is 6.36. The summed E-state index contributed by atoms with van der Waals surface area (Å²) in [6.07, 6.45) is 0.919. The van der Waals surface area contributed by atoms with Gasteiger partial charge in [-0.15, -0.1) is 0 Å². The zero-order valence-electron chi connectivity index (χ0n) is 16.3. The maximum Gasteiger partial charge on any atom is 0.305 e. The summed E-state index contributed by atoms with van der Waals surface area (Å²) in [5.74, 6) is -1.47. The summed E-state index contributed by atoms with van der Waals surface area (Å²) >= 11 is 0. The molecule has 1 aromatic carbocycles. The summed E-state index contributed by atoms with van der Waals surface area (Å²) in [5, 5.41) is 14.8. The van der Waals surface area contributed by atoms with Crippen LogP contribution in [0.5, 0.6) is 0 Å². The third kappa shape index (κ3) is 6.50. The third-order valence-corrected chi connectivity index (χ3v) is 4.41. The first-order valence-corrected chi connectivity index (χ1v) is 8.94. The lowest BCUT2D eigenvalue weighted by Crippen LogP contribution is -2.49. The number of carboxylic acids is 1. The predicted octanol–water partition coefficient (Wildman–Crippen LogP) is 3.23. The number of nitrogens with one attached hydrogen (secondary N) is 2. The van der Waals surface area contributed by atoms with E-state index in [1.165, 1.54) is 0 Å². The average Bonchev–Trinajstić information content (AvgIpc) is 2.58. The summed E-state index contributed by atoms with van der Waals surface area (Å²) in [6.45, 7) is 10.4. The first kappa shape index (κ1) is 21.7. The van der Waals surface area contributed by atoms with E-state index in [-0.39, 0.29) is 23.7 Å². The Kier molecular flexibility index (Phi) is 7.36. The van der Waals surface area contributed by atoms with Crippen molar-refractivity contribution in [3.63, 3.8) is 0 Å². The van der Waals surface area contributed by atoms with Gasteiger partial charge in [0.05, 0.1) is 12.0 Å². The van der Waals surface area contributed by atoms with Crippen LogP contribution in [0.2, 0.25) is 0 Å². The number of rotatable bonds is 8. The molecular formula is C20H30N2O4. The molecule has 0 spiro atoms. The number of hydrogen-bond acceptors (Lipinski definition) is 3. The van der Waals surface area contributed by atoms with Gasteiger partial charge in [-0.25, -0.2) is 0 Å². The van der Waals surface area contributed by atoms with Crippen LogP contribution in [0.25, 0.3) is 0 Å². The standard InChI is InChI=1S/C20H30N2O4/c1-6-20(7-2,12-16(23)24)22-18(26)15-10-8-14(9-11-15)17(25)21-13-19(3,4)5/h8-11H,6-7,12-13H2,1-5H3,(H,21,25)(H,22,26)(H,23,24). The minimum absolute atomic E-state index is 0.0107. The molecule has 26 heavy (non-hydrogen) atoms. The summed E-state index contributed by atoms with van der Waals surface area (Å²) in [5.41, 5.74) is 0.0946. The van der Waals surface area contributed by atoms with Crippen LogP contribution < -0.4 is 10.6 Å². The Morgan fingerprint density at radius 1 is 0.923 bits per heavy atom. The van der Waals surface area contributed by atoms with Gasteiger partial charge in [0.15, 0.2) is 0 Å². The molecule has 0 saturated carbocycles. The van der Waals surface area contributed by atoms with Gasteiger partial charge in [0, 0.05) is 17.7 Å². The lowest BCUT2D eigenvalue weighted by molar-refractivity contribution is -0.138. The number of carbonyl (C=O) groups is 3. The van der Waals surface area contributed by atoms with Crippen molar-refractivity contribution in [3.8, 4) is 0 Å². The molecule has 0 bridgehead atoms. The van der Waals surface area contributed by atoms with Gasteiger partial charge >= 0.3 is 5.97 Å². The van der Waals surface area contributed by atoms with E-state index >= 15 is 0 Å². The number of carboxylic acid groups (broad SMARTS) is 1.